The van der Waals surface area contributed by atoms with Crippen LogP contribution in [0.3, 0.4) is 0 Å². The summed E-state index contributed by atoms with van der Waals surface area (Å²) in [6, 6.07) is 11.6. The van der Waals surface area contributed by atoms with E-state index in [1.165, 1.54) is 6.07 Å². The summed E-state index contributed by atoms with van der Waals surface area (Å²) < 4.78 is 39.8. The lowest BCUT2D eigenvalue weighted by Gasteiger charge is -2.20. The molecular formula is C17H15F3N4. The number of hydrogen-bond acceptors (Lipinski definition) is 3. The maximum Gasteiger partial charge on any atom is 0.417 e. The maximum absolute atomic E-state index is 12.6. The summed E-state index contributed by atoms with van der Waals surface area (Å²) in [4.78, 5) is 8.22. The van der Waals surface area contributed by atoms with Crippen LogP contribution in [0.1, 0.15) is 23.0 Å². The number of imidazole rings is 1. The SMILES string of the molecule is Cn1ccnc1C(Nc1ccc(C(F)(F)F)cn1)c1ccccc1. The van der Waals surface area contributed by atoms with E-state index in [4.69, 9.17) is 0 Å². The summed E-state index contributed by atoms with van der Waals surface area (Å²) in [5.74, 6) is 1.09. The van der Waals surface area contributed by atoms with Gasteiger partial charge in [0.05, 0.1) is 5.56 Å². The van der Waals surface area contributed by atoms with Gasteiger partial charge in [-0.05, 0) is 17.7 Å². The minimum Gasteiger partial charge on any atom is -0.356 e. The molecule has 1 unspecified atom stereocenters. The van der Waals surface area contributed by atoms with Gasteiger partial charge < -0.3 is 9.88 Å². The third kappa shape index (κ3) is 3.40. The summed E-state index contributed by atoms with van der Waals surface area (Å²) in [7, 11) is 1.86. The van der Waals surface area contributed by atoms with Crippen LogP contribution in [0.5, 0.6) is 0 Å². The molecule has 3 rings (SSSR count). The van der Waals surface area contributed by atoms with Crippen molar-refractivity contribution in [1.82, 2.24) is 14.5 Å². The second-order valence-electron chi connectivity index (χ2n) is 5.31. The van der Waals surface area contributed by atoms with Crippen molar-refractivity contribution < 1.29 is 13.2 Å². The lowest BCUT2D eigenvalue weighted by molar-refractivity contribution is -0.137. The summed E-state index contributed by atoms with van der Waals surface area (Å²) >= 11 is 0. The first kappa shape index (κ1) is 16.0. The van der Waals surface area contributed by atoms with Crippen molar-refractivity contribution in [3.8, 4) is 0 Å². The largest absolute Gasteiger partial charge is 0.417 e. The van der Waals surface area contributed by atoms with E-state index in [0.717, 1.165) is 23.7 Å². The average molecular weight is 332 g/mol. The highest BCUT2D eigenvalue weighted by Crippen LogP contribution is 2.30. The number of alkyl halides is 3. The first-order chi connectivity index (χ1) is 11.4. The van der Waals surface area contributed by atoms with Crippen molar-refractivity contribution in [2.24, 2.45) is 7.05 Å². The molecule has 0 radical (unpaired) electrons. The number of anilines is 1. The number of benzene rings is 1. The van der Waals surface area contributed by atoms with E-state index < -0.39 is 11.7 Å². The molecule has 2 aromatic heterocycles. The van der Waals surface area contributed by atoms with E-state index in [2.05, 4.69) is 15.3 Å². The third-order valence-corrected chi connectivity index (χ3v) is 3.63. The molecule has 24 heavy (non-hydrogen) atoms. The van der Waals surface area contributed by atoms with Crippen LogP contribution in [0.15, 0.2) is 61.1 Å². The molecule has 0 aliphatic heterocycles. The van der Waals surface area contributed by atoms with Crippen molar-refractivity contribution in [3.05, 3.63) is 78.0 Å². The Hall–Kier alpha value is -2.83. The monoisotopic (exact) mass is 332 g/mol. The Balaban J connectivity index is 1.92. The average Bonchev–Trinajstić information content (AvgIpc) is 2.99. The lowest BCUT2D eigenvalue weighted by atomic mass is 10.1. The minimum atomic E-state index is -4.40. The topological polar surface area (TPSA) is 42.7 Å². The van der Waals surface area contributed by atoms with E-state index >= 15 is 0 Å². The van der Waals surface area contributed by atoms with Crippen LogP contribution < -0.4 is 5.32 Å². The Kier molecular flexibility index (Phi) is 4.24. The highest BCUT2D eigenvalue weighted by molar-refractivity contribution is 5.42. The number of hydrogen-bond donors (Lipinski definition) is 1. The molecule has 0 saturated carbocycles. The van der Waals surface area contributed by atoms with Gasteiger partial charge in [-0.2, -0.15) is 13.2 Å². The first-order valence-electron chi connectivity index (χ1n) is 7.27. The van der Waals surface area contributed by atoms with E-state index in [9.17, 15) is 13.2 Å². The molecular weight excluding hydrogens is 317 g/mol. The Morgan fingerprint density at radius 1 is 1.04 bits per heavy atom. The quantitative estimate of drug-likeness (QED) is 0.784. The molecule has 0 amide bonds. The van der Waals surface area contributed by atoms with Gasteiger partial charge in [-0.1, -0.05) is 30.3 Å². The lowest BCUT2D eigenvalue weighted by Crippen LogP contribution is -2.17. The van der Waals surface area contributed by atoms with E-state index in [-0.39, 0.29) is 6.04 Å². The van der Waals surface area contributed by atoms with Crippen molar-refractivity contribution in [2.45, 2.75) is 12.2 Å². The Labute approximate surface area is 137 Å². The van der Waals surface area contributed by atoms with E-state index in [1.807, 2.05) is 48.1 Å². The van der Waals surface area contributed by atoms with Crippen molar-refractivity contribution >= 4 is 5.82 Å². The van der Waals surface area contributed by atoms with Crippen LogP contribution in [-0.4, -0.2) is 14.5 Å². The zero-order valence-corrected chi connectivity index (χ0v) is 12.8. The number of aryl methyl sites for hydroxylation is 1. The predicted octanol–water partition coefficient (Wildman–Crippen LogP) is 4.04. The number of nitrogens with one attached hydrogen (secondary N) is 1. The fourth-order valence-corrected chi connectivity index (χ4v) is 2.39. The van der Waals surface area contributed by atoms with Gasteiger partial charge >= 0.3 is 6.18 Å². The molecule has 0 aliphatic rings. The van der Waals surface area contributed by atoms with E-state index in [0.29, 0.717) is 5.82 Å². The van der Waals surface area contributed by atoms with Gasteiger partial charge in [0.15, 0.2) is 0 Å². The second-order valence-corrected chi connectivity index (χ2v) is 5.31. The van der Waals surface area contributed by atoms with Gasteiger partial charge in [0.25, 0.3) is 0 Å². The van der Waals surface area contributed by atoms with Crippen molar-refractivity contribution in [1.29, 1.82) is 0 Å². The van der Waals surface area contributed by atoms with Crippen LogP contribution in [0.25, 0.3) is 0 Å². The summed E-state index contributed by atoms with van der Waals surface area (Å²) in [5, 5.41) is 3.16. The molecule has 0 saturated heterocycles. The zero-order chi connectivity index (χ0) is 17.2. The van der Waals surface area contributed by atoms with Gasteiger partial charge in [0, 0.05) is 25.6 Å². The predicted molar refractivity (Wildman–Crippen MR) is 84.4 cm³/mol. The number of rotatable bonds is 4. The van der Waals surface area contributed by atoms with Crippen LogP contribution in [0, 0.1) is 0 Å². The molecule has 2 heterocycles. The third-order valence-electron chi connectivity index (χ3n) is 3.63. The molecule has 4 nitrogen and oxygen atoms in total. The molecule has 1 atom stereocenters. The molecule has 1 aromatic carbocycles. The number of aromatic nitrogens is 3. The Morgan fingerprint density at radius 3 is 2.33 bits per heavy atom. The fraction of sp³-hybridized carbons (Fsp3) is 0.176. The van der Waals surface area contributed by atoms with Crippen LogP contribution >= 0.6 is 0 Å². The van der Waals surface area contributed by atoms with Gasteiger partial charge in [-0.25, -0.2) is 9.97 Å². The van der Waals surface area contributed by atoms with Gasteiger partial charge in [-0.15, -0.1) is 0 Å². The second kappa shape index (κ2) is 6.35. The molecule has 124 valence electrons. The van der Waals surface area contributed by atoms with Crippen molar-refractivity contribution in [3.63, 3.8) is 0 Å². The van der Waals surface area contributed by atoms with Crippen LogP contribution in [0.2, 0.25) is 0 Å². The number of pyridine rings is 1. The zero-order valence-electron chi connectivity index (χ0n) is 12.8. The van der Waals surface area contributed by atoms with Gasteiger partial charge in [0.2, 0.25) is 0 Å². The number of halogens is 3. The smallest absolute Gasteiger partial charge is 0.356 e. The summed E-state index contributed by atoms with van der Waals surface area (Å²) in [6.07, 6.45) is -0.0902. The normalized spacial score (nSPS) is 12.8. The minimum absolute atomic E-state index is 0.324. The molecule has 3 aromatic rings. The molecule has 7 heteroatoms. The molecule has 1 N–H and O–H groups in total. The summed E-state index contributed by atoms with van der Waals surface area (Å²) in [6.45, 7) is 0. The number of nitrogens with zero attached hydrogens (tertiary/aromatic N) is 3. The van der Waals surface area contributed by atoms with E-state index in [1.54, 1.807) is 6.20 Å². The van der Waals surface area contributed by atoms with Gasteiger partial charge in [0.1, 0.15) is 17.7 Å². The van der Waals surface area contributed by atoms with Gasteiger partial charge in [-0.3, -0.25) is 0 Å². The fourth-order valence-electron chi connectivity index (χ4n) is 2.39. The molecule has 0 spiro atoms. The molecule has 0 bridgehead atoms. The Bertz CT molecular complexity index is 795. The van der Waals surface area contributed by atoms with Crippen LogP contribution in [-0.2, 0) is 13.2 Å². The maximum atomic E-state index is 12.6. The highest BCUT2D eigenvalue weighted by Gasteiger charge is 2.30. The molecule has 0 aliphatic carbocycles. The van der Waals surface area contributed by atoms with Crippen LogP contribution in [0.4, 0.5) is 19.0 Å². The van der Waals surface area contributed by atoms with Crippen molar-refractivity contribution in [2.75, 3.05) is 5.32 Å². The Morgan fingerprint density at radius 2 is 1.79 bits per heavy atom. The summed E-state index contributed by atoms with van der Waals surface area (Å²) in [5.41, 5.74) is 0.162. The molecule has 0 fully saturated rings. The first-order valence-corrected chi connectivity index (χ1v) is 7.27. The highest BCUT2D eigenvalue weighted by atomic mass is 19.4. The standard InChI is InChI=1S/C17H15F3N4/c1-24-10-9-21-16(24)15(12-5-3-2-4-6-12)23-14-8-7-13(11-22-14)17(18,19)20/h2-11,15H,1H3,(H,22,23).